The van der Waals surface area contributed by atoms with Crippen molar-refractivity contribution in [2.45, 2.75) is 42.6 Å². The largest absolute Gasteiger partial charge is 0.388 e. The van der Waals surface area contributed by atoms with Crippen LogP contribution in [0.2, 0.25) is 5.02 Å². The third-order valence-electron chi connectivity index (χ3n) is 3.78. The summed E-state index contributed by atoms with van der Waals surface area (Å²) in [5.41, 5.74) is -0.282. The van der Waals surface area contributed by atoms with Crippen LogP contribution in [0.5, 0.6) is 0 Å². The summed E-state index contributed by atoms with van der Waals surface area (Å²) in [6, 6.07) is 5.41. The number of rotatable bonds is 4. The van der Waals surface area contributed by atoms with Crippen LogP contribution in [-0.2, 0) is 0 Å². The second-order valence-corrected chi connectivity index (χ2v) is 6.60. The van der Waals surface area contributed by atoms with Crippen LogP contribution in [0.4, 0.5) is 0 Å². The number of aliphatic hydroxyl groups is 1. The van der Waals surface area contributed by atoms with E-state index < -0.39 is 5.60 Å². The molecule has 1 aromatic carbocycles. The number of nitrogens with one attached hydrogen (secondary N) is 1. The predicted octanol–water partition coefficient (Wildman–Crippen LogP) is 3.49. The van der Waals surface area contributed by atoms with Gasteiger partial charge in [-0.1, -0.05) is 30.9 Å². The maximum absolute atomic E-state index is 12.2. The van der Waals surface area contributed by atoms with Gasteiger partial charge in [-0.3, -0.25) is 4.79 Å². The van der Waals surface area contributed by atoms with E-state index in [0.717, 1.165) is 37.0 Å². The normalized spacial score (nSPS) is 17.8. The Labute approximate surface area is 129 Å². The van der Waals surface area contributed by atoms with Gasteiger partial charge in [0.1, 0.15) is 0 Å². The van der Waals surface area contributed by atoms with Gasteiger partial charge < -0.3 is 10.4 Å². The molecule has 0 radical (unpaired) electrons. The molecular formula is C15H20ClNO2S. The van der Waals surface area contributed by atoms with E-state index >= 15 is 0 Å². The van der Waals surface area contributed by atoms with Crippen molar-refractivity contribution < 1.29 is 9.90 Å². The van der Waals surface area contributed by atoms with Crippen molar-refractivity contribution in [2.75, 3.05) is 12.8 Å². The Kier molecular flexibility index (Phi) is 5.35. The Morgan fingerprint density at radius 2 is 2.10 bits per heavy atom. The number of hydrogen-bond acceptors (Lipinski definition) is 3. The molecule has 20 heavy (non-hydrogen) atoms. The van der Waals surface area contributed by atoms with Crippen LogP contribution in [-0.4, -0.2) is 29.4 Å². The summed E-state index contributed by atoms with van der Waals surface area (Å²) >= 11 is 7.64. The third-order valence-corrected chi connectivity index (χ3v) is 4.84. The molecule has 1 aromatic rings. The van der Waals surface area contributed by atoms with Gasteiger partial charge in [-0.15, -0.1) is 11.8 Å². The molecule has 3 nitrogen and oxygen atoms in total. The summed E-state index contributed by atoms with van der Waals surface area (Å²) in [6.45, 7) is 0.297. The van der Waals surface area contributed by atoms with Gasteiger partial charge in [0.25, 0.3) is 5.91 Å². The number of halogens is 1. The van der Waals surface area contributed by atoms with Crippen molar-refractivity contribution >= 4 is 29.3 Å². The highest BCUT2D eigenvalue weighted by Gasteiger charge is 2.29. The zero-order valence-corrected chi connectivity index (χ0v) is 13.2. The summed E-state index contributed by atoms with van der Waals surface area (Å²) in [6.07, 6.45) is 6.68. The fraction of sp³-hybridized carbons (Fsp3) is 0.533. The third kappa shape index (κ3) is 3.90. The first-order valence-electron chi connectivity index (χ1n) is 6.88. The first kappa shape index (κ1) is 15.7. The lowest BCUT2D eigenvalue weighted by atomic mass is 9.85. The van der Waals surface area contributed by atoms with Gasteiger partial charge >= 0.3 is 0 Å². The molecule has 0 aliphatic heterocycles. The first-order valence-corrected chi connectivity index (χ1v) is 8.48. The molecule has 0 aromatic heterocycles. The topological polar surface area (TPSA) is 49.3 Å². The highest BCUT2D eigenvalue weighted by Crippen LogP contribution is 2.28. The molecule has 0 atom stereocenters. The average Bonchev–Trinajstić information content (AvgIpc) is 2.46. The molecule has 0 unspecified atom stereocenters. The first-order chi connectivity index (χ1) is 9.54. The van der Waals surface area contributed by atoms with E-state index in [1.54, 1.807) is 23.9 Å². The van der Waals surface area contributed by atoms with Crippen molar-refractivity contribution in [3.05, 3.63) is 28.8 Å². The summed E-state index contributed by atoms with van der Waals surface area (Å²) in [7, 11) is 0. The zero-order chi connectivity index (χ0) is 14.6. The number of carbonyl (C=O) groups is 1. The zero-order valence-electron chi connectivity index (χ0n) is 11.6. The fourth-order valence-corrected chi connectivity index (χ4v) is 3.18. The minimum Gasteiger partial charge on any atom is -0.388 e. The standard InChI is InChI=1S/C15H20ClNO2S/c1-20-11-5-6-13(16)12(9-11)14(18)17-10-15(19)7-3-2-4-8-15/h5-6,9,19H,2-4,7-8,10H2,1H3,(H,17,18). The van der Waals surface area contributed by atoms with Crippen LogP contribution in [0.1, 0.15) is 42.5 Å². The van der Waals surface area contributed by atoms with Gasteiger partial charge in [-0.25, -0.2) is 0 Å². The van der Waals surface area contributed by atoms with Crippen LogP contribution in [0.3, 0.4) is 0 Å². The lowest BCUT2D eigenvalue weighted by Crippen LogP contribution is -2.44. The van der Waals surface area contributed by atoms with Crippen molar-refractivity contribution in [1.82, 2.24) is 5.32 Å². The lowest BCUT2D eigenvalue weighted by Gasteiger charge is -2.32. The van der Waals surface area contributed by atoms with E-state index in [2.05, 4.69) is 5.32 Å². The average molecular weight is 314 g/mol. The highest BCUT2D eigenvalue weighted by molar-refractivity contribution is 7.98. The van der Waals surface area contributed by atoms with Crippen molar-refractivity contribution in [3.8, 4) is 0 Å². The van der Waals surface area contributed by atoms with Gasteiger partial charge in [0.2, 0.25) is 0 Å². The smallest absolute Gasteiger partial charge is 0.252 e. The Balaban J connectivity index is 2.01. The Bertz CT molecular complexity index is 487. The summed E-state index contributed by atoms with van der Waals surface area (Å²) in [4.78, 5) is 13.2. The second kappa shape index (κ2) is 6.83. The van der Waals surface area contributed by atoms with E-state index in [-0.39, 0.29) is 5.91 Å². The molecule has 0 heterocycles. The Hall–Kier alpha value is -0.710. The van der Waals surface area contributed by atoms with Crippen LogP contribution >= 0.6 is 23.4 Å². The van der Waals surface area contributed by atoms with Gasteiger partial charge in [-0.05, 0) is 37.3 Å². The molecule has 1 aliphatic carbocycles. The maximum atomic E-state index is 12.2. The number of thioether (sulfide) groups is 1. The molecule has 2 N–H and O–H groups in total. The van der Waals surface area contributed by atoms with E-state index in [0.29, 0.717) is 17.1 Å². The molecule has 5 heteroatoms. The minimum atomic E-state index is -0.752. The number of carbonyl (C=O) groups excluding carboxylic acids is 1. The van der Waals surface area contributed by atoms with Crippen molar-refractivity contribution in [2.24, 2.45) is 0 Å². The molecule has 0 bridgehead atoms. The summed E-state index contributed by atoms with van der Waals surface area (Å²) in [5.74, 6) is -0.218. The predicted molar refractivity (Wildman–Crippen MR) is 83.6 cm³/mol. The van der Waals surface area contributed by atoms with Crippen LogP contribution in [0.15, 0.2) is 23.1 Å². The molecule has 0 saturated heterocycles. The summed E-state index contributed by atoms with van der Waals surface area (Å²) < 4.78 is 0. The van der Waals surface area contributed by atoms with Crippen molar-refractivity contribution in [1.29, 1.82) is 0 Å². The molecule has 1 amide bonds. The highest BCUT2D eigenvalue weighted by atomic mass is 35.5. The van der Waals surface area contributed by atoms with Crippen LogP contribution in [0.25, 0.3) is 0 Å². The number of amides is 1. The molecule has 0 spiro atoms. The molecule has 2 rings (SSSR count). The SMILES string of the molecule is CSc1ccc(Cl)c(C(=O)NCC2(O)CCCCC2)c1. The molecule has 1 fully saturated rings. The Morgan fingerprint density at radius 1 is 1.40 bits per heavy atom. The van der Waals surface area contributed by atoms with Gasteiger partial charge in [-0.2, -0.15) is 0 Å². The monoisotopic (exact) mass is 313 g/mol. The van der Waals surface area contributed by atoms with E-state index in [4.69, 9.17) is 11.6 Å². The minimum absolute atomic E-state index is 0.218. The van der Waals surface area contributed by atoms with Gasteiger partial charge in [0.15, 0.2) is 0 Å². The molecule has 110 valence electrons. The van der Waals surface area contributed by atoms with E-state index in [1.807, 2.05) is 12.3 Å². The Morgan fingerprint density at radius 3 is 2.75 bits per heavy atom. The molecule has 1 aliphatic rings. The van der Waals surface area contributed by atoms with Gasteiger partial charge in [0, 0.05) is 11.4 Å². The lowest BCUT2D eigenvalue weighted by molar-refractivity contribution is 0.00525. The van der Waals surface area contributed by atoms with Gasteiger partial charge in [0.05, 0.1) is 16.2 Å². The number of hydrogen-bond donors (Lipinski definition) is 2. The maximum Gasteiger partial charge on any atom is 0.252 e. The van der Waals surface area contributed by atoms with Crippen molar-refractivity contribution in [3.63, 3.8) is 0 Å². The fourth-order valence-electron chi connectivity index (χ4n) is 2.53. The van der Waals surface area contributed by atoms with E-state index in [1.165, 1.54) is 0 Å². The second-order valence-electron chi connectivity index (χ2n) is 5.31. The molecule has 1 saturated carbocycles. The van der Waals surface area contributed by atoms with Crippen LogP contribution in [0, 0.1) is 0 Å². The van der Waals surface area contributed by atoms with Crippen LogP contribution < -0.4 is 5.32 Å². The number of benzene rings is 1. The molecular weight excluding hydrogens is 294 g/mol. The van der Waals surface area contributed by atoms with E-state index in [9.17, 15) is 9.90 Å². The quantitative estimate of drug-likeness (QED) is 0.837. The summed E-state index contributed by atoms with van der Waals surface area (Å²) in [5, 5.41) is 13.6.